The van der Waals surface area contributed by atoms with Gasteiger partial charge < -0.3 is 4.90 Å². The van der Waals surface area contributed by atoms with E-state index in [1.807, 2.05) is 17.0 Å². The molecule has 1 aliphatic heterocycles. The summed E-state index contributed by atoms with van der Waals surface area (Å²) in [5.74, 6) is 0.362. The average molecular weight is 312 g/mol. The summed E-state index contributed by atoms with van der Waals surface area (Å²) >= 11 is 0. The van der Waals surface area contributed by atoms with Gasteiger partial charge in [-0.15, -0.1) is 0 Å². The van der Waals surface area contributed by atoms with Crippen LogP contribution in [0.1, 0.15) is 35.2 Å². The lowest BCUT2D eigenvalue weighted by atomic mass is 9.91. The minimum Gasteiger partial charge on any atom is -0.338 e. The summed E-state index contributed by atoms with van der Waals surface area (Å²) in [4.78, 5) is 18.4. The third-order valence-electron chi connectivity index (χ3n) is 4.44. The topological polar surface area (TPSA) is 33.2 Å². The van der Waals surface area contributed by atoms with Crippen LogP contribution in [0.3, 0.4) is 0 Å². The highest BCUT2D eigenvalue weighted by Crippen LogP contribution is 2.23. The Labute approximate surface area is 136 Å². The molecule has 1 fully saturated rings. The molecule has 120 valence electrons. The Balaban J connectivity index is 1.57. The third kappa shape index (κ3) is 4.15. The monoisotopic (exact) mass is 312 g/mol. The Kier molecular flexibility index (Phi) is 5.01. The predicted molar refractivity (Wildman–Crippen MR) is 87.6 cm³/mol. The van der Waals surface area contributed by atoms with E-state index in [2.05, 4.69) is 4.98 Å². The van der Waals surface area contributed by atoms with Gasteiger partial charge in [-0.2, -0.15) is 0 Å². The Hall–Kier alpha value is -2.23. The zero-order valence-corrected chi connectivity index (χ0v) is 13.1. The number of benzene rings is 1. The van der Waals surface area contributed by atoms with E-state index in [0.717, 1.165) is 44.3 Å². The first-order valence-electron chi connectivity index (χ1n) is 8.16. The van der Waals surface area contributed by atoms with Crippen LogP contribution in [0.5, 0.6) is 0 Å². The molecule has 0 N–H and O–H groups in total. The van der Waals surface area contributed by atoms with Crippen LogP contribution in [0.15, 0.2) is 48.8 Å². The molecule has 4 heteroatoms. The van der Waals surface area contributed by atoms with E-state index in [0.29, 0.717) is 11.5 Å². The van der Waals surface area contributed by atoms with E-state index in [-0.39, 0.29) is 11.7 Å². The summed E-state index contributed by atoms with van der Waals surface area (Å²) in [5.41, 5.74) is 1.68. The lowest BCUT2D eigenvalue weighted by Crippen LogP contribution is -2.40. The van der Waals surface area contributed by atoms with E-state index < -0.39 is 0 Å². The maximum Gasteiger partial charge on any atom is 0.255 e. The molecule has 1 atom stereocenters. The first kappa shape index (κ1) is 15.7. The van der Waals surface area contributed by atoms with Crippen molar-refractivity contribution in [2.75, 3.05) is 13.1 Å². The Morgan fingerprint density at radius 3 is 3.00 bits per heavy atom. The first-order valence-corrected chi connectivity index (χ1v) is 8.16. The molecule has 2 heterocycles. The molecular formula is C19H21FN2O. The molecule has 23 heavy (non-hydrogen) atoms. The fourth-order valence-electron chi connectivity index (χ4n) is 3.22. The lowest BCUT2D eigenvalue weighted by Gasteiger charge is -2.33. The van der Waals surface area contributed by atoms with E-state index in [1.165, 1.54) is 6.07 Å². The minimum absolute atomic E-state index is 0.0635. The molecule has 0 bridgehead atoms. The van der Waals surface area contributed by atoms with Crippen molar-refractivity contribution in [3.05, 3.63) is 65.7 Å². The van der Waals surface area contributed by atoms with Crippen molar-refractivity contribution in [1.82, 2.24) is 9.88 Å². The largest absolute Gasteiger partial charge is 0.338 e. The van der Waals surface area contributed by atoms with Crippen LogP contribution in [0.4, 0.5) is 4.39 Å². The van der Waals surface area contributed by atoms with Crippen LogP contribution in [0.2, 0.25) is 0 Å². The highest BCUT2D eigenvalue weighted by Gasteiger charge is 2.24. The zero-order valence-electron chi connectivity index (χ0n) is 13.1. The molecule has 1 aromatic carbocycles. The molecule has 0 aliphatic carbocycles. The second kappa shape index (κ2) is 7.36. The van der Waals surface area contributed by atoms with Gasteiger partial charge in [0, 0.05) is 25.5 Å². The van der Waals surface area contributed by atoms with E-state index >= 15 is 0 Å². The van der Waals surface area contributed by atoms with E-state index in [1.54, 1.807) is 30.6 Å². The summed E-state index contributed by atoms with van der Waals surface area (Å²) in [6.07, 6.45) is 7.30. The van der Waals surface area contributed by atoms with Crippen molar-refractivity contribution in [2.24, 2.45) is 5.92 Å². The molecule has 3 nitrogen and oxygen atoms in total. The minimum atomic E-state index is -0.181. The van der Waals surface area contributed by atoms with Gasteiger partial charge in [-0.1, -0.05) is 12.1 Å². The Morgan fingerprint density at radius 2 is 2.22 bits per heavy atom. The number of carbonyl (C=O) groups is 1. The van der Waals surface area contributed by atoms with Crippen LogP contribution in [-0.2, 0) is 6.42 Å². The summed E-state index contributed by atoms with van der Waals surface area (Å²) in [5, 5.41) is 0. The average Bonchev–Trinajstić information content (AvgIpc) is 2.60. The molecule has 3 rings (SSSR count). The Morgan fingerprint density at radius 1 is 1.30 bits per heavy atom. The van der Waals surface area contributed by atoms with Crippen LogP contribution in [0, 0.1) is 11.7 Å². The van der Waals surface area contributed by atoms with Gasteiger partial charge in [0.15, 0.2) is 0 Å². The van der Waals surface area contributed by atoms with Crippen molar-refractivity contribution in [3.63, 3.8) is 0 Å². The van der Waals surface area contributed by atoms with Gasteiger partial charge in [0.2, 0.25) is 0 Å². The highest BCUT2D eigenvalue weighted by molar-refractivity contribution is 5.93. The van der Waals surface area contributed by atoms with Crippen molar-refractivity contribution < 1.29 is 9.18 Å². The number of rotatable bonds is 4. The van der Waals surface area contributed by atoms with Gasteiger partial charge in [0.05, 0.1) is 5.56 Å². The fourth-order valence-corrected chi connectivity index (χ4v) is 3.22. The van der Waals surface area contributed by atoms with Gasteiger partial charge in [-0.3, -0.25) is 9.78 Å². The molecule has 0 radical (unpaired) electrons. The van der Waals surface area contributed by atoms with Crippen molar-refractivity contribution in [1.29, 1.82) is 0 Å². The maximum atomic E-state index is 13.2. The van der Waals surface area contributed by atoms with Crippen LogP contribution < -0.4 is 0 Å². The summed E-state index contributed by atoms with van der Waals surface area (Å²) in [6.45, 7) is 1.59. The van der Waals surface area contributed by atoms with E-state index in [4.69, 9.17) is 0 Å². The summed E-state index contributed by atoms with van der Waals surface area (Å²) < 4.78 is 13.2. The van der Waals surface area contributed by atoms with Crippen molar-refractivity contribution >= 4 is 5.91 Å². The molecule has 1 unspecified atom stereocenters. The number of hydrogen-bond acceptors (Lipinski definition) is 2. The van der Waals surface area contributed by atoms with Gasteiger partial charge in [0.25, 0.3) is 5.91 Å². The summed E-state index contributed by atoms with van der Waals surface area (Å²) in [6, 6.07) is 10.4. The molecule has 0 spiro atoms. The van der Waals surface area contributed by atoms with Crippen LogP contribution in [0.25, 0.3) is 0 Å². The number of carbonyl (C=O) groups excluding carboxylic acids is 1. The zero-order chi connectivity index (χ0) is 16.1. The molecule has 0 saturated carbocycles. The normalized spacial score (nSPS) is 18.0. The fraction of sp³-hybridized carbons (Fsp3) is 0.368. The molecule has 1 amide bonds. The highest BCUT2D eigenvalue weighted by atomic mass is 19.1. The Bertz CT molecular complexity index is 659. The van der Waals surface area contributed by atoms with Gasteiger partial charge in [-0.25, -0.2) is 4.39 Å². The second-order valence-electron chi connectivity index (χ2n) is 6.17. The number of aromatic nitrogens is 1. The first-order chi connectivity index (χ1) is 11.2. The summed E-state index contributed by atoms with van der Waals surface area (Å²) in [7, 11) is 0. The molecule has 1 saturated heterocycles. The van der Waals surface area contributed by atoms with Crippen molar-refractivity contribution in [2.45, 2.75) is 25.7 Å². The number of piperidine rings is 1. The third-order valence-corrected chi connectivity index (χ3v) is 4.44. The molecular weight excluding hydrogens is 291 g/mol. The second-order valence-corrected chi connectivity index (χ2v) is 6.17. The number of aryl methyl sites for hydroxylation is 1. The molecule has 1 aromatic heterocycles. The quantitative estimate of drug-likeness (QED) is 0.862. The molecule has 1 aliphatic rings. The predicted octanol–water partition coefficient (Wildman–Crippen LogP) is 3.71. The molecule has 2 aromatic rings. The lowest BCUT2D eigenvalue weighted by molar-refractivity contribution is 0.0668. The van der Waals surface area contributed by atoms with Crippen molar-refractivity contribution in [3.8, 4) is 0 Å². The smallest absolute Gasteiger partial charge is 0.255 e. The van der Waals surface area contributed by atoms with E-state index in [9.17, 15) is 9.18 Å². The van der Waals surface area contributed by atoms with Crippen LogP contribution in [-0.4, -0.2) is 28.9 Å². The number of likely N-dealkylation sites (tertiary alicyclic amines) is 1. The van der Waals surface area contributed by atoms with Gasteiger partial charge in [0.1, 0.15) is 5.82 Å². The standard InChI is InChI=1S/C19H21FN2O/c20-18-7-1-4-15(12-18)8-9-16-5-3-11-22(14-16)19(23)17-6-2-10-21-13-17/h1-2,4,6-7,10,12-13,16H,3,5,8-9,11,14H2. The number of amides is 1. The van der Waals surface area contributed by atoms with Crippen LogP contribution >= 0.6 is 0 Å². The van der Waals surface area contributed by atoms with Gasteiger partial charge in [-0.05, 0) is 61.4 Å². The number of hydrogen-bond donors (Lipinski definition) is 0. The maximum absolute atomic E-state index is 13.2. The number of nitrogens with zero attached hydrogens (tertiary/aromatic N) is 2. The number of pyridine rings is 1. The van der Waals surface area contributed by atoms with Gasteiger partial charge >= 0.3 is 0 Å². The SMILES string of the molecule is O=C(c1cccnc1)N1CCCC(CCc2cccc(F)c2)C1. The number of halogens is 1.